The summed E-state index contributed by atoms with van der Waals surface area (Å²) in [4.78, 5) is 14.6. The Bertz CT molecular complexity index is 431. The van der Waals surface area contributed by atoms with Gasteiger partial charge in [0.25, 0.3) is 0 Å². The van der Waals surface area contributed by atoms with E-state index >= 15 is 0 Å². The number of hydrogen-bond donors (Lipinski definition) is 3. The minimum atomic E-state index is 0.226. The Morgan fingerprint density at radius 1 is 1.17 bits per heavy atom. The van der Waals surface area contributed by atoms with Crippen LogP contribution in [0.5, 0.6) is 0 Å². The van der Waals surface area contributed by atoms with Crippen LogP contribution in [0.1, 0.15) is 5.69 Å². The number of nitrogens with one attached hydrogen (secondary N) is 1. The lowest BCUT2D eigenvalue weighted by atomic mass is 10.4. The Morgan fingerprint density at radius 3 is 2.67 bits per heavy atom. The zero-order valence-corrected chi connectivity index (χ0v) is 6.50. The number of nitrogens with two attached hydrogens (primary N) is 2. The fourth-order valence-corrected chi connectivity index (χ4v) is 1.08. The zero-order valence-electron chi connectivity index (χ0n) is 6.50. The van der Waals surface area contributed by atoms with Gasteiger partial charge in [-0.05, 0) is 6.92 Å². The second-order valence-corrected chi connectivity index (χ2v) is 2.49. The number of nitrogens with zero attached hydrogens (tertiary/aromatic N) is 3. The predicted molar refractivity (Wildman–Crippen MR) is 45.2 cm³/mol. The molecule has 0 radical (unpaired) electrons. The van der Waals surface area contributed by atoms with Gasteiger partial charge in [0, 0.05) is 0 Å². The van der Waals surface area contributed by atoms with Gasteiger partial charge in [-0.25, -0.2) is 9.97 Å². The molecule has 0 aliphatic rings. The zero-order chi connectivity index (χ0) is 8.72. The third-order valence-electron chi connectivity index (χ3n) is 1.55. The molecule has 0 saturated heterocycles. The van der Waals surface area contributed by atoms with Gasteiger partial charge in [0.2, 0.25) is 5.95 Å². The Morgan fingerprint density at radius 2 is 1.92 bits per heavy atom. The molecule has 0 saturated carbocycles. The van der Waals surface area contributed by atoms with Crippen LogP contribution >= 0.6 is 0 Å². The Labute approximate surface area is 68.0 Å². The lowest BCUT2D eigenvalue weighted by Crippen LogP contribution is -1.96. The molecule has 6 nitrogen and oxygen atoms in total. The number of aromatic amines is 1. The Kier molecular flexibility index (Phi) is 1.18. The van der Waals surface area contributed by atoms with Crippen molar-refractivity contribution >= 4 is 23.1 Å². The minimum absolute atomic E-state index is 0.226. The molecule has 2 aromatic rings. The van der Waals surface area contributed by atoms with Crippen molar-refractivity contribution in [2.45, 2.75) is 6.92 Å². The molecule has 0 bridgehead atoms. The van der Waals surface area contributed by atoms with E-state index in [2.05, 4.69) is 19.9 Å². The summed E-state index contributed by atoms with van der Waals surface area (Å²) >= 11 is 0. The molecular weight excluding hydrogens is 156 g/mol. The first-order chi connectivity index (χ1) is 5.66. The van der Waals surface area contributed by atoms with Crippen LogP contribution in [0.25, 0.3) is 11.2 Å². The third-order valence-corrected chi connectivity index (χ3v) is 1.55. The normalized spacial score (nSPS) is 10.8. The van der Waals surface area contributed by atoms with Crippen LogP contribution in [-0.4, -0.2) is 19.9 Å². The van der Waals surface area contributed by atoms with Crippen molar-refractivity contribution in [3.05, 3.63) is 5.69 Å². The second kappa shape index (κ2) is 2.07. The van der Waals surface area contributed by atoms with Gasteiger partial charge in [0.1, 0.15) is 5.52 Å². The summed E-state index contributed by atoms with van der Waals surface area (Å²) in [6.45, 7) is 1.81. The Balaban J connectivity index is 2.88. The molecule has 0 amide bonds. The molecule has 2 aromatic heterocycles. The molecule has 2 rings (SSSR count). The van der Waals surface area contributed by atoms with Gasteiger partial charge < -0.3 is 16.5 Å². The molecule has 5 N–H and O–H groups in total. The molecule has 0 aliphatic heterocycles. The van der Waals surface area contributed by atoms with E-state index in [-0.39, 0.29) is 5.95 Å². The van der Waals surface area contributed by atoms with Crippen molar-refractivity contribution in [3.8, 4) is 0 Å². The molecule has 0 fully saturated rings. The summed E-state index contributed by atoms with van der Waals surface area (Å²) < 4.78 is 0. The van der Waals surface area contributed by atoms with Crippen LogP contribution < -0.4 is 11.5 Å². The average molecular weight is 164 g/mol. The number of rotatable bonds is 0. The molecule has 12 heavy (non-hydrogen) atoms. The highest BCUT2D eigenvalue weighted by molar-refractivity contribution is 5.76. The van der Waals surface area contributed by atoms with Crippen LogP contribution in [0.15, 0.2) is 0 Å². The topological polar surface area (TPSA) is 106 Å². The van der Waals surface area contributed by atoms with Gasteiger partial charge in [-0.2, -0.15) is 4.98 Å². The molecule has 0 atom stereocenters. The van der Waals surface area contributed by atoms with E-state index in [9.17, 15) is 0 Å². The maximum Gasteiger partial charge on any atom is 0.222 e. The summed E-state index contributed by atoms with van der Waals surface area (Å²) in [5, 5.41) is 0. The number of anilines is 2. The van der Waals surface area contributed by atoms with E-state index < -0.39 is 0 Å². The quantitative estimate of drug-likeness (QED) is 0.501. The third kappa shape index (κ3) is 0.849. The fraction of sp³-hybridized carbons (Fsp3) is 0.167. The average Bonchev–Trinajstić information content (AvgIpc) is 2.29. The number of fused-ring (bicyclic) bond motifs is 1. The van der Waals surface area contributed by atoms with Gasteiger partial charge in [-0.15, -0.1) is 0 Å². The maximum atomic E-state index is 5.43. The number of nitrogen functional groups attached to an aromatic ring is 2. The summed E-state index contributed by atoms with van der Waals surface area (Å²) in [6.07, 6.45) is 0. The van der Waals surface area contributed by atoms with Crippen LogP contribution in [0, 0.1) is 6.92 Å². The predicted octanol–water partition coefficient (Wildman–Crippen LogP) is -0.174. The van der Waals surface area contributed by atoms with Gasteiger partial charge >= 0.3 is 0 Å². The number of aryl methyl sites for hydroxylation is 1. The van der Waals surface area contributed by atoms with Crippen molar-refractivity contribution in [2.75, 3.05) is 11.5 Å². The highest BCUT2D eigenvalue weighted by atomic mass is 15.1. The van der Waals surface area contributed by atoms with Crippen molar-refractivity contribution in [1.82, 2.24) is 19.9 Å². The van der Waals surface area contributed by atoms with E-state index in [1.807, 2.05) is 0 Å². The molecule has 62 valence electrons. The number of hydrogen-bond acceptors (Lipinski definition) is 5. The molecule has 2 heterocycles. The summed E-state index contributed by atoms with van der Waals surface area (Å²) in [5.41, 5.74) is 12.8. The number of aromatic nitrogens is 4. The largest absolute Gasteiger partial charge is 0.369 e. The molecule has 0 unspecified atom stereocenters. The van der Waals surface area contributed by atoms with E-state index in [1.54, 1.807) is 6.92 Å². The fourth-order valence-electron chi connectivity index (χ4n) is 1.08. The first-order valence-electron chi connectivity index (χ1n) is 3.42. The second-order valence-electron chi connectivity index (χ2n) is 2.49. The van der Waals surface area contributed by atoms with Crippen molar-refractivity contribution in [3.63, 3.8) is 0 Å². The summed E-state index contributed by atoms with van der Waals surface area (Å²) in [6, 6.07) is 0. The SMILES string of the molecule is Cc1nc(N)nc2[nH]c(N)nc12. The van der Waals surface area contributed by atoms with Crippen LogP contribution in [0.4, 0.5) is 11.9 Å². The minimum Gasteiger partial charge on any atom is -0.369 e. The van der Waals surface area contributed by atoms with Crippen LogP contribution in [0.2, 0.25) is 0 Å². The molecule has 6 heteroatoms. The van der Waals surface area contributed by atoms with Gasteiger partial charge in [0.15, 0.2) is 11.6 Å². The molecule has 0 aliphatic carbocycles. The number of H-pyrrole nitrogens is 1. The van der Waals surface area contributed by atoms with E-state index in [1.165, 1.54) is 0 Å². The Hall–Kier alpha value is -1.85. The first kappa shape index (κ1) is 6.84. The smallest absolute Gasteiger partial charge is 0.222 e. The van der Waals surface area contributed by atoms with Crippen LogP contribution in [-0.2, 0) is 0 Å². The van der Waals surface area contributed by atoms with E-state index in [0.717, 1.165) is 5.69 Å². The highest BCUT2D eigenvalue weighted by Crippen LogP contribution is 2.13. The highest BCUT2D eigenvalue weighted by Gasteiger charge is 2.05. The summed E-state index contributed by atoms with van der Waals surface area (Å²) in [5.74, 6) is 0.552. The van der Waals surface area contributed by atoms with Gasteiger partial charge in [0.05, 0.1) is 5.69 Å². The molecule has 0 spiro atoms. The van der Waals surface area contributed by atoms with Gasteiger partial charge in [-0.3, -0.25) is 0 Å². The van der Waals surface area contributed by atoms with E-state index in [0.29, 0.717) is 17.1 Å². The monoisotopic (exact) mass is 164 g/mol. The maximum absolute atomic E-state index is 5.43. The van der Waals surface area contributed by atoms with Crippen LogP contribution in [0.3, 0.4) is 0 Å². The lowest BCUT2D eigenvalue weighted by molar-refractivity contribution is 1.15. The lowest BCUT2D eigenvalue weighted by Gasteiger charge is -1.93. The number of imidazole rings is 1. The van der Waals surface area contributed by atoms with Crippen molar-refractivity contribution in [1.29, 1.82) is 0 Å². The molecule has 0 aromatic carbocycles. The summed E-state index contributed by atoms with van der Waals surface area (Å²) in [7, 11) is 0. The standard InChI is InChI=1S/C6H8N6/c1-2-3-4(11-5(7)9-2)12-6(8)10-3/h1H3,(H5,7,8,9,10,11,12). The first-order valence-corrected chi connectivity index (χ1v) is 3.42. The van der Waals surface area contributed by atoms with Gasteiger partial charge in [-0.1, -0.05) is 0 Å². The van der Waals surface area contributed by atoms with E-state index in [4.69, 9.17) is 11.5 Å². The van der Waals surface area contributed by atoms with Crippen molar-refractivity contribution in [2.24, 2.45) is 0 Å². The van der Waals surface area contributed by atoms with Crippen molar-refractivity contribution < 1.29 is 0 Å². The molecular formula is C6H8N6.